The summed E-state index contributed by atoms with van der Waals surface area (Å²) in [4.78, 5) is 4.20. The first-order valence-corrected chi connectivity index (χ1v) is 4.92. The molecule has 0 amide bonds. The van der Waals surface area contributed by atoms with Crippen molar-refractivity contribution in [2.45, 2.75) is 27.3 Å². The number of methoxy groups -OCH3 is 1. The molecule has 3 nitrogen and oxygen atoms in total. The van der Waals surface area contributed by atoms with Crippen LogP contribution in [-0.2, 0) is 6.54 Å². The minimum atomic E-state index is 0.823. The van der Waals surface area contributed by atoms with Crippen molar-refractivity contribution in [2.75, 3.05) is 14.2 Å². The molecule has 0 bridgehead atoms. The Kier molecular flexibility index (Phi) is 6.76. The van der Waals surface area contributed by atoms with Crippen molar-refractivity contribution >= 4 is 0 Å². The van der Waals surface area contributed by atoms with Crippen molar-refractivity contribution in [1.29, 1.82) is 0 Å². The molecule has 0 spiro atoms. The van der Waals surface area contributed by atoms with Gasteiger partial charge in [0.1, 0.15) is 5.75 Å². The number of nitrogens with zero attached hydrogens (tertiary/aromatic N) is 1. The molecule has 3 heteroatoms. The smallest absolute Gasteiger partial charge is 0.140 e. The van der Waals surface area contributed by atoms with E-state index in [4.69, 9.17) is 4.74 Å². The second-order valence-corrected chi connectivity index (χ2v) is 2.66. The average Bonchev–Trinajstić information content (AvgIpc) is 2.24. The van der Waals surface area contributed by atoms with Gasteiger partial charge >= 0.3 is 0 Å². The first kappa shape index (κ1) is 12.9. The van der Waals surface area contributed by atoms with E-state index in [1.807, 2.05) is 40.1 Å². The van der Waals surface area contributed by atoms with Crippen LogP contribution in [0.2, 0.25) is 0 Å². The summed E-state index contributed by atoms with van der Waals surface area (Å²) in [6.45, 7) is 6.76. The number of rotatable bonds is 3. The van der Waals surface area contributed by atoms with Crippen LogP contribution < -0.4 is 10.1 Å². The Bertz CT molecular complexity index is 261. The molecular weight excluding hydrogens is 176 g/mol. The number of ether oxygens (including phenoxy) is 1. The van der Waals surface area contributed by atoms with E-state index < -0.39 is 0 Å². The highest BCUT2D eigenvalue weighted by Crippen LogP contribution is 2.15. The lowest BCUT2D eigenvalue weighted by molar-refractivity contribution is 0.408. The fraction of sp³-hybridized carbons (Fsp3) is 0.545. The highest BCUT2D eigenvalue weighted by Gasteiger charge is 1.99. The summed E-state index contributed by atoms with van der Waals surface area (Å²) in [6.07, 6.45) is 1.86. The monoisotopic (exact) mass is 196 g/mol. The van der Waals surface area contributed by atoms with Gasteiger partial charge in [0.15, 0.2) is 0 Å². The molecule has 0 aliphatic rings. The van der Waals surface area contributed by atoms with Crippen LogP contribution in [-0.4, -0.2) is 19.1 Å². The normalized spacial score (nSPS) is 8.93. The van der Waals surface area contributed by atoms with Crippen LogP contribution in [0.15, 0.2) is 12.3 Å². The molecule has 1 aromatic rings. The molecule has 0 saturated carbocycles. The van der Waals surface area contributed by atoms with Crippen LogP contribution in [0.5, 0.6) is 5.75 Å². The van der Waals surface area contributed by atoms with Crippen LogP contribution in [0.1, 0.15) is 25.1 Å². The predicted molar refractivity (Wildman–Crippen MR) is 59.6 cm³/mol. The maximum Gasteiger partial charge on any atom is 0.140 e. The van der Waals surface area contributed by atoms with Crippen molar-refractivity contribution in [1.82, 2.24) is 10.3 Å². The van der Waals surface area contributed by atoms with Gasteiger partial charge in [-0.2, -0.15) is 0 Å². The van der Waals surface area contributed by atoms with E-state index >= 15 is 0 Å². The Morgan fingerprint density at radius 2 is 2.07 bits per heavy atom. The molecule has 0 aliphatic heterocycles. The van der Waals surface area contributed by atoms with Crippen LogP contribution in [0.25, 0.3) is 0 Å². The standard InChI is InChI=1S/C9H14N2O.C2H6/c1-7-9(12-3)4-8(5-10-2)6-11-7;1-2/h4,6,10H,5H2,1-3H3;1-2H3. The lowest BCUT2D eigenvalue weighted by Crippen LogP contribution is -2.06. The Hall–Kier alpha value is -1.09. The molecule has 0 aliphatic carbocycles. The summed E-state index contributed by atoms with van der Waals surface area (Å²) in [5.41, 5.74) is 2.07. The van der Waals surface area contributed by atoms with E-state index in [1.54, 1.807) is 7.11 Å². The molecule has 0 aromatic carbocycles. The average molecular weight is 196 g/mol. The molecule has 0 saturated heterocycles. The largest absolute Gasteiger partial charge is 0.495 e. The molecule has 1 rings (SSSR count). The van der Waals surface area contributed by atoms with Crippen LogP contribution in [0.3, 0.4) is 0 Å². The zero-order chi connectivity index (χ0) is 11.0. The van der Waals surface area contributed by atoms with Crippen LogP contribution in [0.4, 0.5) is 0 Å². The molecule has 1 aromatic heterocycles. The van der Waals surface area contributed by atoms with Gasteiger partial charge in [0.2, 0.25) is 0 Å². The van der Waals surface area contributed by atoms with Crippen molar-refractivity contribution in [3.8, 4) is 5.75 Å². The summed E-state index contributed by atoms with van der Waals surface area (Å²) in [5, 5.41) is 3.06. The zero-order valence-electron chi connectivity index (χ0n) is 9.72. The van der Waals surface area contributed by atoms with Gasteiger partial charge in [-0.3, -0.25) is 4.98 Å². The van der Waals surface area contributed by atoms with Gasteiger partial charge in [-0.05, 0) is 25.6 Å². The predicted octanol–water partition coefficient (Wildman–Crippen LogP) is 2.14. The molecule has 0 radical (unpaired) electrons. The molecule has 1 N–H and O–H groups in total. The highest BCUT2D eigenvalue weighted by molar-refractivity contribution is 5.30. The van der Waals surface area contributed by atoms with Crippen molar-refractivity contribution < 1.29 is 4.74 Å². The fourth-order valence-corrected chi connectivity index (χ4v) is 1.06. The van der Waals surface area contributed by atoms with E-state index in [-0.39, 0.29) is 0 Å². The van der Waals surface area contributed by atoms with Gasteiger partial charge in [-0.1, -0.05) is 13.8 Å². The van der Waals surface area contributed by atoms with Crippen LogP contribution in [0, 0.1) is 6.92 Å². The van der Waals surface area contributed by atoms with Crippen LogP contribution >= 0.6 is 0 Å². The quantitative estimate of drug-likeness (QED) is 0.804. The summed E-state index contributed by atoms with van der Waals surface area (Å²) < 4.78 is 5.14. The second-order valence-electron chi connectivity index (χ2n) is 2.66. The van der Waals surface area contributed by atoms with E-state index in [2.05, 4.69) is 10.3 Å². The molecule has 0 atom stereocenters. The number of aromatic nitrogens is 1. The van der Waals surface area contributed by atoms with E-state index in [0.29, 0.717) is 0 Å². The number of aryl methyl sites for hydroxylation is 1. The Morgan fingerprint density at radius 1 is 1.43 bits per heavy atom. The SMILES string of the molecule is CC.CNCc1cnc(C)c(OC)c1. The van der Waals surface area contributed by atoms with Gasteiger partial charge in [0.25, 0.3) is 0 Å². The summed E-state index contributed by atoms with van der Waals surface area (Å²) in [5.74, 6) is 0.850. The zero-order valence-corrected chi connectivity index (χ0v) is 9.72. The molecule has 1 heterocycles. The summed E-state index contributed by atoms with van der Waals surface area (Å²) in [6, 6.07) is 2.00. The lowest BCUT2D eigenvalue weighted by atomic mass is 10.2. The molecule has 0 unspecified atom stereocenters. The van der Waals surface area contributed by atoms with Gasteiger partial charge in [-0.25, -0.2) is 0 Å². The topological polar surface area (TPSA) is 34.2 Å². The number of hydrogen-bond donors (Lipinski definition) is 1. The van der Waals surface area contributed by atoms with Gasteiger partial charge in [0, 0.05) is 12.7 Å². The van der Waals surface area contributed by atoms with Gasteiger partial charge in [0.05, 0.1) is 12.8 Å². The number of hydrogen-bond acceptors (Lipinski definition) is 3. The molecule has 0 fully saturated rings. The van der Waals surface area contributed by atoms with E-state index in [1.165, 1.54) is 0 Å². The Balaban J connectivity index is 0.000000791. The lowest BCUT2D eigenvalue weighted by Gasteiger charge is -2.05. The van der Waals surface area contributed by atoms with Gasteiger partial charge in [-0.15, -0.1) is 0 Å². The first-order valence-electron chi connectivity index (χ1n) is 4.92. The molecule has 14 heavy (non-hydrogen) atoms. The van der Waals surface area contributed by atoms with Crippen molar-refractivity contribution in [3.63, 3.8) is 0 Å². The summed E-state index contributed by atoms with van der Waals surface area (Å²) >= 11 is 0. The minimum Gasteiger partial charge on any atom is -0.495 e. The first-order chi connectivity index (χ1) is 6.77. The third-order valence-electron chi connectivity index (χ3n) is 1.70. The minimum absolute atomic E-state index is 0.823. The molecule has 80 valence electrons. The van der Waals surface area contributed by atoms with Gasteiger partial charge < -0.3 is 10.1 Å². The van der Waals surface area contributed by atoms with Crippen molar-refractivity contribution in [2.24, 2.45) is 0 Å². The highest BCUT2D eigenvalue weighted by atomic mass is 16.5. The van der Waals surface area contributed by atoms with E-state index in [0.717, 1.165) is 23.6 Å². The number of nitrogens with one attached hydrogen (secondary N) is 1. The fourth-order valence-electron chi connectivity index (χ4n) is 1.06. The maximum atomic E-state index is 5.14. The molecular formula is C11H20N2O. The maximum absolute atomic E-state index is 5.14. The Labute approximate surface area is 86.5 Å². The third-order valence-corrected chi connectivity index (χ3v) is 1.70. The van der Waals surface area contributed by atoms with Crippen molar-refractivity contribution in [3.05, 3.63) is 23.5 Å². The number of pyridine rings is 1. The second kappa shape index (κ2) is 7.33. The van der Waals surface area contributed by atoms with E-state index in [9.17, 15) is 0 Å². The Morgan fingerprint density at radius 3 is 2.57 bits per heavy atom. The summed E-state index contributed by atoms with van der Waals surface area (Å²) in [7, 11) is 3.57. The third kappa shape index (κ3) is 3.75.